The van der Waals surface area contributed by atoms with Gasteiger partial charge in [0.2, 0.25) is 0 Å². The molecule has 1 aromatic heterocycles. The van der Waals surface area contributed by atoms with Crippen molar-refractivity contribution in [2.24, 2.45) is 0 Å². The number of rotatable bonds is 2. The minimum atomic E-state index is -0.125. The highest BCUT2D eigenvalue weighted by Crippen LogP contribution is 2.31. The molecular formula is C12H18ClN3O. The first-order valence-electron chi connectivity index (χ1n) is 5.83. The van der Waals surface area contributed by atoms with E-state index in [-0.39, 0.29) is 11.6 Å². The molecule has 94 valence electrons. The Labute approximate surface area is 107 Å². The van der Waals surface area contributed by atoms with Crippen molar-refractivity contribution in [1.82, 2.24) is 9.97 Å². The Balaban J connectivity index is 2.27. The quantitative estimate of drug-likeness (QED) is 0.883. The van der Waals surface area contributed by atoms with Crippen LogP contribution in [0.25, 0.3) is 0 Å². The maximum atomic E-state index is 6.11. The minimum Gasteiger partial charge on any atom is -0.376 e. The summed E-state index contributed by atoms with van der Waals surface area (Å²) in [4.78, 5) is 8.73. The van der Waals surface area contributed by atoms with Gasteiger partial charge in [0.25, 0.3) is 0 Å². The molecule has 2 rings (SSSR count). The fraction of sp³-hybridized carbons (Fsp3) is 0.667. The molecule has 4 nitrogen and oxygen atoms in total. The third-order valence-corrected chi connectivity index (χ3v) is 3.82. The van der Waals surface area contributed by atoms with Crippen molar-refractivity contribution in [3.8, 4) is 0 Å². The highest BCUT2D eigenvalue weighted by molar-refractivity contribution is 6.31. The molecule has 0 radical (unpaired) electrons. The lowest BCUT2D eigenvalue weighted by atomic mass is 9.95. The predicted molar refractivity (Wildman–Crippen MR) is 68.6 cm³/mol. The van der Waals surface area contributed by atoms with Crippen LogP contribution in [0.1, 0.15) is 31.7 Å². The zero-order chi connectivity index (χ0) is 12.6. The summed E-state index contributed by atoms with van der Waals surface area (Å²) in [5, 5.41) is 3.80. The van der Waals surface area contributed by atoms with E-state index in [0.29, 0.717) is 11.0 Å². The minimum absolute atomic E-state index is 0.125. The fourth-order valence-electron chi connectivity index (χ4n) is 1.92. The summed E-state index contributed by atoms with van der Waals surface area (Å²) in [7, 11) is 0. The Morgan fingerprint density at radius 1 is 1.35 bits per heavy atom. The second-order valence-corrected chi connectivity index (χ2v) is 5.20. The zero-order valence-corrected chi connectivity index (χ0v) is 11.4. The van der Waals surface area contributed by atoms with Gasteiger partial charge < -0.3 is 10.1 Å². The number of ether oxygens (including phenoxy) is 1. The summed E-state index contributed by atoms with van der Waals surface area (Å²) in [6, 6.07) is 0. The second kappa shape index (κ2) is 4.42. The summed E-state index contributed by atoms with van der Waals surface area (Å²) in [5.74, 6) is 0.648. The molecule has 1 saturated heterocycles. The third kappa shape index (κ3) is 2.38. The Kier molecular flexibility index (Phi) is 3.27. The molecule has 1 fully saturated rings. The number of aromatic nitrogens is 2. The maximum absolute atomic E-state index is 6.11. The van der Waals surface area contributed by atoms with E-state index in [1.807, 2.05) is 13.8 Å². The standard InChI is InChI=1S/C12H18ClN3O/c1-7-8(2)15-11(10(13)14-7)16-12(4)5-6-17-9(12)3/h9H,5-6H2,1-4H3,(H,15,16). The number of anilines is 1. The van der Waals surface area contributed by atoms with Gasteiger partial charge >= 0.3 is 0 Å². The molecule has 5 heteroatoms. The number of hydrogen-bond donors (Lipinski definition) is 1. The zero-order valence-electron chi connectivity index (χ0n) is 10.7. The van der Waals surface area contributed by atoms with Crippen LogP contribution in [-0.4, -0.2) is 28.2 Å². The van der Waals surface area contributed by atoms with Crippen LogP contribution in [-0.2, 0) is 4.74 Å². The molecule has 0 spiro atoms. The molecule has 1 aromatic rings. The molecule has 0 saturated carbocycles. The van der Waals surface area contributed by atoms with Gasteiger partial charge in [-0.05, 0) is 34.1 Å². The first-order chi connectivity index (χ1) is 7.92. The van der Waals surface area contributed by atoms with Gasteiger partial charge in [-0.2, -0.15) is 0 Å². The summed E-state index contributed by atoms with van der Waals surface area (Å²) in [6.07, 6.45) is 1.08. The average molecular weight is 256 g/mol. The first kappa shape index (κ1) is 12.6. The monoisotopic (exact) mass is 255 g/mol. The normalized spacial score (nSPS) is 28.4. The lowest BCUT2D eigenvalue weighted by Crippen LogP contribution is -2.41. The van der Waals surface area contributed by atoms with Crippen molar-refractivity contribution in [1.29, 1.82) is 0 Å². The van der Waals surface area contributed by atoms with Gasteiger partial charge in [0, 0.05) is 6.61 Å². The fourth-order valence-corrected chi connectivity index (χ4v) is 2.14. The van der Waals surface area contributed by atoms with E-state index in [9.17, 15) is 0 Å². The van der Waals surface area contributed by atoms with Crippen LogP contribution in [0.15, 0.2) is 0 Å². The van der Waals surface area contributed by atoms with Gasteiger partial charge in [0.1, 0.15) is 0 Å². The van der Waals surface area contributed by atoms with Crippen LogP contribution in [0.4, 0.5) is 5.82 Å². The van der Waals surface area contributed by atoms with E-state index in [0.717, 1.165) is 24.4 Å². The van der Waals surface area contributed by atoms with Gasteiger partial charge in [-0.25, -0.2) is 9.97 Å². The summed E-state index contributed by atoms with van der Waals surface area (Å²) in [6.45, 7) is 8.78. The van der Waals surface area contributed by atoms with Crippen LogP contribution in [0, 0.1) is 13.8 Å². The Morgan fingerprint density at radius 2 is 2.00 bits per heavy atom. The number of nitrogens with zero attached hydrogens (tertiary/aromatic N) is 2. The van der Waals surface area contributed by atoms with Crippen molar-refractivity contribution in [3.63, 3.8) is 0 Å². The molecule has 1 aliphatic rings. The lowest BCUT2D eigenvalue weighted by Gasteiger charge is -2.29. The molecule has 2 heterocycles. The van der Waals surface area contributed by atoms with Crippen LogP contribution in [0.5, 0.6) is 0 Å². The Morgan fingerprint density at radius 3 is 2.59 bits per heavy atom. The summed E-state index contributed by atoms with van der Waals surface area (Å²) in [5.41, 5.74) is 1.63. The number of nitrogens with one attached hydrogen (secondary N) is 1. The Hall–Kier alpha value is -0.870. The molecule has 2 atom stereocenters. The summed E-state index contributed by atoms with van der Waals surface area (Å²) < 4.78 is 5.58. The molecular weight excluding hydrogens is 238 g/mol. The van der Waals surface area contributed by atoms with Crippen molar-refractivity contribution < 1.29 is 4.74 Å². The number of hydrogen-bond acceptors (Lipinski definition) is 4. The van der Waals surface area contributed by atoms with E-state index in [4.69, 9.17) is 16.3 Å². The predicted octanol–water partition coefficient (Wildman–Crippen LogP) is 2.73. The largest absolute Gasteiger partial charge is 0.376 e. The first-order valence-corrected chi connectivity index (χ1v) is 6.21. The topological polar surface area (TPSA) is 47.0 Å². The number of aryl methyl sites for hydroxylation is 2. The van der Waals surface area contributed by atoms with Gasteiger partial charge in [-0.1, -0.05) is 11.6 Å². The van der Waals surface area contributed by atoms with Crippen molar-refractivity contribution in [2.75, 3.05) is 11.9 Å². The van der Waals surface area contributed by atoms with Crippen LogP contribution in [0.2, 0.25) is 5.15 Å². The van der Waals surface area contributed by atoms with Crippen molar-refractivity contribution >= 4 is 17.4 Å². The van der Waals surface area contributed by atoms with E-state index in [1.54, 1.807) is 0 Å². The lowest BCUT2D eigenvalue weighted by molar-refractivity contribution is 0.105. The van der Waals surface area contributed by atoms with Gasteiger partial charge in [-0.15, -0.1) is 0 Å². The van der Waals surface area contributed by atoms with Gasteiger partial charge in [0.05, 0.1) is 23.0 Å². The third-order valence-electron chi connectivity index (χ3n) is 3.55. The van der Waals surface area contributed by atoms with Crippen molar-refractivity contribution in [2.45, 2.75) is 45.8 Å². The highest BCUT2D eigenvalue weighted by atomic mass is 35.5. The molecule has 0 bridgehead atoms. The Bertz CT molecular complexity index is 438. The van der Waals surface area contributed by atoms with E-state index < -0.39 is 0 Å². The van der Waals surface area contributed by atoms with Gasteiger partial charge in [-0.3, -0.25) is 0 Å². The number of halogens is 1. The van der Waals surface area contributed by atoms with E-state index in [1.165, 1.54) is 0 Å². The van der Waals surface area contributed by atoms with Crippen molar-refractivity contribution in [3.05, 3.63) is 16.5 Å². The molecule has 17 heavy (non-hydrogen) atoms. The van der Waals surface area contributed by atoms with E-state index in [2.05, 4.69) is 29.1 Å². The summed E-state index contributed by atoms with van der Waals surface area (Å²) >= 11 is 6.11. The van der Waals surface area contributed by atoms with Crippen LogP contribution >= 0.6 is 11.6 Å². The van der Waals surface area contributed by atoms with E-state index >= 15 is 0 Å². The molecule has 0 aromatic carbocycles. The molecule has 2 unspecified atom stereocenters. The smallest absolute Gasteiger partial charge is 0.171 e. The molecule has 1 N–H and O–H groups in total. The van der Waals surface area contributed by atoms with Crippen LogP contribution in [0.3, 0.4) is 0 Å². The highest BCUT2D eigenvalue weighted by Gasteiger charge is 2.37. The molecule has 0 amide bonds. The van der Waals surface area contributed by atoms with Crippen LogP contribution < -0.4 is 5.32 Å². The average Bonchev–Trinajstić information content (AvgIpc) is 2.56. The van der Waals surface area contributed by atoms with Gasteiger partial charge in [0.15, 0.2) is 11.0 Å². The molecule has 0 aliphatic carbocycles. The maximum Gasteiger partial charge on any atom is 0.171 e. The SMILES string of the molecule is Cc1nc(Cl)c(NC2(C)CCOC2C)nc1C. The molecule has 1 aliphatic heterocycles. The second-order valence-electron chi connectivity index (χ2n) is 4.84.